The van der Waals surface area contributed by atoms with E-state index in [2.05, 4.69) is 20.7 Å². The van der Waals surface area contributed by atoms with Gasteiger partial charge in [-0.3, -0.25) is 5.32 Å². The number of anilines is 1. The number of aliphatic hydroxyl groups is 1. The zero-order valence-corrected chi connectivity index (χ0v) is 19.8. The Morgan fingerprint density at radius 3 is 2.85 bits per heavy atom. The fourth-order valence-corrected chi connectivity index (χ4v) is 4.77. The second-order valence-electron chi connectivity index (χ2n) is 7.95. The molecule has 4 rings (SSSR count). The number of piperazine rings is 1. The molecule has 33 heavy (non-hydrogen) atoms. The van der Waals surface area contributed by atoms with Crippen LogP contribution in [0.3, 0.4) is 0 Å². The molecule has 0 amide bonds. The van der Waals surface area contributed by atoms with Crippen LogP contribution in [0.5, 0.6) is 0 Å². The maximum atomic E-state index is 13.2. The van der Waals surface area contributed by atoms with E-state index in [1.165, 1.54) is 11.0 Å². The molecular weight excluding hydrogens is 462 g/mol. The minimum absolute atomic E-state index is 0.0851. The van der Waals surface area contributed by atoms with Gasteiger partial charge in [0.2, 0.25) is 6.23 Å². The van der Waals surface area contributed by atoms with Gasteiger partial charge < -0.3 is 10.4 Å². The van der Waals surface area contributed by atoms with Crippen LogP contribution >= 0.6 is 23.8 Å². The molecule has 2 aromatic heterocycles. The number of benzene rings is 1. The monoisotopic (exact) mass is 488 g/mol. The summed E-state index contributed by atoms with van der Waals surface area (Å²) in [6.07, 6.45) is 2.39. The number of nitrogens with zero attached hydrogens (tertiary/aromatic N) is 5. The first-order valence-electron chi connectivity index (χ1n) is 10.9. The van der Waals surface area contributed by atoms with Crippen LogP contribution in [-0.2, 0) is 6.54 Å². The van der Waals surface area contributed by atoms with E-state index in [1.54, 1.807) is 41.1 Å². The lowest BCUT2D eigenvalue weighted by Crippen LogP contribution is -2.68. The number of halogens is 1. The minimum Gasteiger partial charge on any atom is -0.341 e. The van der Waals surface area contributed by atoms with Crippen LogP contribution in [-0.4, -0.2) is 53.7 Å². The van der Waals surface area contributed by atoms with Gasteiger partial charge in [0.15, 0.2) is 6.17 Å². The van der Waals surface area contributed by atoms with Crippen molar-refractivity contribution in [3.05, 3.63) is 76.1 Å². The first-order chi connectivity index (χ1) is 16.0. The highest BCUT2D eigenvalue weighted by molar-refractivity contribution is 7.80. The van der Waals surface area contributed by atoms with Gasteiger partial charge in [0.1, 0.15) is 18.7 Å². The molecule has 0 radical (unpaired) electrons. The summed E-state index contributed by atoms with van der Waals surface area (Å²) in [6.45, 7) is 3.97. The Morgan fingerprint density at radius 2 is 2.15 bits per heavy atom. The highest BCUT2D eigenvalue weighted by Crippen LogP contribution is 2.37. The number of pyridine rings is 1. The van der Waals surface area contributed by atoms with Crippen LogP contribution in [0.4, 0.5) is 5.82 Å². The van der Waals surface area contributed by atoms with Crippen molar-refractivity contribution in [2.75, 3.05) is 25.0 Å². The molecule has 1 fully saturated rings. The highest BCUT2D eigenvalue weighted by atomic mass is 35.5. The number of hydrogen-bond donors (Lipinski definition) is 3. The van der Waals surface area contributed by atoms with Crippen LogP contribution in [0, 0.1) is 0 Å². The van der Waals surface area contributed by atoms with E-state index in [1.807, 2.05) is 19.1 Å². The van der Waals surface area contributed by atoms with Crippen molar-refractivity contribution in [3.8, 4) is 0 Å². The van der Waals surface area contributed by atoms with Crippen LogP contribution in [0.25, 0.3) is 0 Å². The molecule has 0 aliphatic carbocycles. The molecule has 0 saturated carbocycles. The minimum atomic E-state index is -1.06. The molecule has 1 aromatic carbocycles. The van der Waals surface area contributed by atoms with Crippen LogP contribution in [0.15, 0.2) is 59.8 Å². The fourth-order valence-electron chi connectivity index (χ4n) is 4.23. The van der Waals surface area contributed by atoms with Crippen LogP contribution in [0.2, 0.25) is 5.02 Å². The summed E-state index contributed by atoms with van der Waals surface area (Å²) >= 11 is 12.0. The van der Waals surface area contributed by atoms with E-state index in [0.717, 1.165) is 6.42 Å². The molecule has 174 valence electrons. The molecule has 3 atom stereocenters. The Labute approximate surface area is 202 Å². The SMILES string of the molecule is CCCn1ncn(C2CNCC[N+]2(C(=S)Nc2ccccn2)C(O)c2ccc(Cl)cc2)c1=O. The Morgan fingerprint density at radius 1 is 1.36 bits per heavy atom. The lowest BCUT2D eigenvalue weighted by Gasteiger charge is -2.48. The third kappa shape index (κ3) is 4.57. The fraction of sp³-hybridized carbons (Fsp3) is 0.364. The van der Waals surface area contributed by atoms with Crippen molar-refractivity contribution >= 4 is 34.7 Å². The number of thiocarbonyl (C=S) groups is 1. The predicted molar refractivity (Wildman–Crippen MR) is 131 cm³/mol. The molecule has 3 aromatic rings. The summed E-state index contributed by atoms with van der Waals surface area (Å²) in [5.74, 6) is 0.564. The van der Waals surface area contributed by atoms with E-state index in [9.17, 15) is 9.90 Å². The van der Waals surface area contributed by atoms with Gasteiger partial charge in [-0.1, -0.05) is 24.6 Å². The zero-order valence-electron chi connectivity index (χ0n) is 18.3. The first kappa shape index (κ1) is 23.5. The summed E-state index contributed by atoms with van der Waals surface area (Å²) in [4.78, 5) is 17.5. The van der Waals surface area contributed by atoms with Crippen molar-refractivity contribution in [1.82, 2.24) is 24.6 Å². The van der Waals surface area contributed by atoms with E-state index in [4.69, 9.17) is 23.8 Å². The molecule has 11 heteroatoms. The topological polar surface area (TPSA) is 97.0 Å². The van der Waals surface area contributed by atoms with E-state index in [-0.39, 0.29) is 10.2 Å². The van der Waals surface area contributed by atoms with Crippen molar-refractivity contribution in [1.29, 1.82) is 0 Å². The number of aryl methyl sites for hydroxylation is 1. The molecule has 1 saturated heterocycles. The predicted octanol–water partition coefficient (Wildman–Crippen LogP) is 2.51. The third-order valence-corrected chi connectivity index (χ3v) is 6.61. The molecule has 3 unspecified atom stereocenters. The quantitative estimate of drug-likeness (QED) is 0.362. The number of aromatic nitrogens is 4. The summed E-state index contributed by atoms with van der Waals surface area (Å²) in [7, 11) is 0. The van der Waals surface area contributed by atoms with Crippen molar-refractivity contribution in [3.63, 3.8) is 0 Å². The van der Waals surface area contributed by atoms with Gasteiger partial charge in [-0.15, -0.1) is 0 Å². The second-order valence-corrected chi connectivity index (χ2v) is 8.78. The van der Waals surface area contributed by atoms with E-state index < -0.39 is 12.4 Å². The second kappa shape index (κ2) is 10.1. The first-order valence-corrected chi connectivity index (χ1v) is 11.6. The number of hydrogen-bond acceptors (Lipinski definition) is 6. The van der Waals surface area contributed by atoms with E-state index in [0.29, 0.717) is 47.7 Å². The maximum absolute atomic E-state index is 13.2. The summed E-state index contributed by atoms with van der Waals surface area (Å²) < 4.78 is 2.92. The van der Waals surface area contributed by atoms with Crippen molar-refractivity contribution in [2.45, 2.75) is 32.3 Å². The third-order valence-electron chi connectivity index (χ3n) is 5.91. The lowest BCUT2D eigenvalue weighted by atomic mass is 10.1. The summed E-state index contributed by atoms with van der Waals surface area (Å²) in [5.41, 5.74) is 0.405. The Kier molecular flexibility index (Phi) is 7.20. The average Bonchev–Trinajstić information content (AvgIpc) is 3.19. The Hall–Kier alpha value is -2.63. The van der Waals surface area contributed by atoms with Crippen molar-refractivity contribution < 1.29 is 9.59 Å². The van der Waals surface area contributed by atoms with Gasteiger partial charge in [0.25, 0.3) is 5.11 Å². The number of quaternary nitrogens is 1. The normalized spacial score (nSPS) is 21.5. The largest absolute Gasteiger partial charge is 0.350 e. The van der Waals surface area contributed by atoms with Crippen LogP contribution < -0.4 is 16.3 Å². The van der Waals surface area contributed by atoms with Crippen molar-refractivity contribution in [2.24, 2.45) is 0 Å². The zero-order chi connectivity index (χ0) is 23.4. The molecular formula is C22H27ClN7O2S+. The number of nitrogens with one attached hydrogen (secondary N) is 2. The van der Waals surface area contributed by atoms with Gasteiger partial charge in [-0.25, -0.2) is 23.5 Å². The average molecular weight is 489 g/mol. The highest BCUT2D eigenvalue weighted by Gasteiger charge is 2.52. The van der Waals surface area contributed by atoms with Gasteiger partial charge in [0, 0.05) is 42.1 Å². The Bertz CT molecular complexity index is 1150. The smallest absolute Gasteiger partial charge is 0.341 e. The molecule has 0 spiro atoms. The standard InChI is InChI=1S/C22H26ClN7O2S/c1-2-12-29-22(32)28(15-26-29)19-14-24-11-13-30(19,20(31)16-6-8-17(23)9-7-16)21(33)27-18-5-3-4-10-25-18/h3-10,15,19-20,24,31H,2,11-14H2,1H3/p+1. The molecule has 1 aliphatic rings. The van der Waals surface area contributed by atoms with Gasteiger partial charge in [0.05, 0.1) is 6.54 Å². The Balaban J connectivity index is 1.83. The number of rotatable bonds is 6. The molecule has 3 N–H and O–H groups in total. The summed E-state index contributed by atoms with van der Waals surface area (Å²) in [5, 5.41) is 23.5. The molecule has 9 nitrogen and oxygen atoms in total. The molecule has 3 heterocycles. The van der Waals surface area contributed by atoms with Gasteiger partial charge in [-0.05, 0) is 42.8 Å². The van der Waals surface area contributed by atoms with E-state index >= 15 is 0 Å². The van der Waals surface area contributed by atoms with Gasteiger partial charge >= 0.3 is 5.69 Å². The van der Waals surface area contributed by atoms with Crippen LogP contribution in [0.1, 0.15) is 31.3 Å². The molecule has 1 aliphatic heterocycles. The maximum Gasteiger partial charge on any atom is 0.350 e. The number of aliphatic hydroxyl groups excluding tert-OH is 1. The molecule has 0 bridgehead atoms. The van der Waals surface area contributed by atoms with Gasteiger partial charge in [-0.2, -0.15) is 5.10 Å². The lowest BCUT2D eigenvalue weighted by molar-refractivity contribution is -0.936. The summed E-state index contributed by atoms with van der Waals surface area (Å²) in [6, 6.07) is 12.5.